The maximum Gasteiger partial charge on any atom is 0.182 e. The van der Waals surface area contributed by atoms with E-state index in [2.05, 4.69) is 28.2 Å². The Kier molecular flexibility index (Phi) is 4.97. The average Bonchev–Trinajstić information content (AvgIpc) is 2.92. The van der Waals surface area contributed by atoms with Crippen LogP contribution in [0.2, 0.25) is 0 Å². The van der Waals surface area contributed by atoms with Crippen molar-refractivity contribution >= 4 is 22.2 Å². The minimum atomic E-state index is 0.684. The standard InChI is InChI=1S/C15H18N4S/c1-3-7-17-15-18-10-14(20-15)11-19(2)13-6-4-5-12(8-13)9-16/h4-6,8,10H,3,7,11H2,1-2H3,(H,17,18). The molecule has 1 aromatic heterocycles. The molecule has 0 saturated heterocycles. The third-order valence-electron chi connectivity index (χ3n) is 2.89. The van der Waals surface area contributed by atoms with E-state index in [1.165, 1.54) is 4.88 Å². The summed E-state index contributed by atoms with van der Waals surface area (Å²) in [4.78, 5) is 7.69. The smallest absolute Gasteiger partial charge is 0.182 e. The zero-order valence-corrected chi connectivity index (χ0v) is 12.6. The Morgan fingerprint density at radius 2 is 2.30 bits per heavy atom. The van der Waals surface area contributed by atoms with Crippen LogP contribution < -0.4 is 10.2 Å². The van der Waals surface area contributed by atoms with E-state index in [1.54, 1.807) is 11.3 Å². The van der Waals surface area contributed by atoms with Crippen molar-refractivity contribution in [1.29, 1.82) is 5.26 Å². The molecule has 0 amide bonds. The van der Waals surface area contributed by atoms with E-state index in [4.69, 9.17) is 5.26 Å². The van der Waals surface area contributed by atoms with Gasteiger partial charge in [0, 0.05) is 30.4 Å². The second-order valence-corrected chi connectivity index (χ2v) is 5.69. The zero-order valence-electron chi connectivity index (χ0n) is 11.8. The van der Waals surface area contributed by atoms with Crippen LogP contribution in [-0.4, -0.2) is 18.6 Å². The van der Waals surface area contributed by atoms with Gasteiger partial charge in [-0.3, -0.25) is 0 Å². The largest absolute Gasteiger partial charge is 0.369 e. The molecule has 0 spiro atoms. The SMILES string of the molecule is CCCNc1ncc(CN(C)c2cccc(C#N)c2)s1. The lowest BCUT2D eigenvalue weighted by Gasteiger charge is -2.18. The van der Waals surface area contributed by atoms with Crippen LogP contribution in [0.4, 0.5) is 10.8 Å². The summed E-state index contributed by atoms with van der Waals surface area (Å²) in [5.74, 6) is 0. The Morgan fingerprint density at radius 1 is 1.45 bits per heavy atom. The van der Waals surface area contributed by atoms with Crippen molar-refractivity contribution in [2.75, 3.05) is 23.8 Å². The highest BCUT2D eigenvalue weighted by atomic mass is 32.1. The summed E-state index contributed by atoms with van der Waals surface area (Å²) in [6.45, 7) is 3.88. The Balaban J connectivity index is 2.01. The van der Waals surface area contributed by atoms with Crippen LogP contribution in [0.5, 0.6) is 0 Å². The molecule has 0 aliphatic heterocycles. The van der Waals surface area contributed by atoms with E-state index in [-0.39, 0.29) is 0 Å². The van der Waals surface area contributed by atoms with Gasteiger partial charge < -0.3 is 10.2 Å². The van der Waals surface area contributed by atoms with Crippen molar-refractivity contribution in [3.05, 3.63) is 40.9 Å². The highest BCUT2D eigenvalue weighted by Crippen LogP contribution is 2.22. The van der Waals surface area contributed by atoms with Crippen molar-refractivity contribution in [2.45, 2.75) is 19.9 Å². The second kappa shape index (κ2) is 6.92. The van der Waals surface area contributed by atoms with Crippen molar-refractivity contribution in [3.8, 4) is 6.07 Å². The van der Waals surface area contributed by atoms with Gasteiger partial charge >= 0.3 is 0 Å². The number of thiazole rings is 1. The molecule has 20 heavy (non-hydrogen) atoms. The fourth-order valence-electron chi connectivity index (χ4n) is 1.83. The van der Waals surface area contributed by atoms with Gasteiger partial charge in [0.1, 0.15) is 0 Å². The predicted octanol–water partition coefficient (Wildman–Crippen LogP) is 3.47. The van der Waals surface area contributed by atoms with Crippen LogP contribution in [-0.2, 0) is 6.54 Å². The molecule has 0 saturated carbocycles. The van der Waals surface area contributed by atoms with Gasteiger partial charge in [-0.15, -0.1) is 11.3 Å². The first kappa shape index (κ1) is 14.4. The first-order valence-electron chi connectivity index (χ1n) is 6.62. The number of rotatable bonds is 6. The monoisotopic (exact) mass is 286 g/mol. The lowest BCUT2D eigenvalue weighted by atomic mass is 10.2. The van der Waals surface area contributed by atoms with Crippen molar-refractivity contribution in [3.63, 3.8) is 0 Å². The van der Waals surface area contributed by atoms with E-state index in [9.17, 15) is 0 Å². The van der Waals surface area contributed by atoms with Gasteiger partial charge in [-0.1, -0.05) is 13.0 Å². The van der Waals surface area contributed by atoms with Gasteiger partial charge in [0.05, 0.1) is 18.2 Å². The van der Waals surface area contributed by atoms with E-state index in [0.29, 0.717) is 5.56 Å². The molecule has 0 unspecified atom stereocenters. The van der Waals surface area contributed by atoms with Gasteiger partial charge in [-0.25, -0.2) is 4.98 Å². The molecule has 4 nitrogen and oxygen atoms in total. The number of hydrogen-bond acceptors (Lipinski definition) is 5. The minimum Gasteiger partial charge on any atom is -0.369 e. The van der Waals surface area contributed by atoms with Crippen LogP contribution in [0, 0.1) is 11.3 Å². The Bertz CT molecular complexity index is 600. The molecular formula is C15H18N4S. The minimum absolute atomic E-state index is 0.684. The summed E-state index contributed by atoms with van der Waals surface area (Å²) < 4.78 is 0. The van der Waals surface area contributed by atoms with Gasteiger partial charge in [0.2, 0.25) is 0 Å². The third kappa shape index (κ3) is 3.72. The van der Waals surface area contributed by atoms with Crippen LogP contribution in [0.25, 0.3) is 0 Å². The molecule has 1 heterocycles. The van der Waals surface area contributed by atoms with Gasteiger partial charge in [-0.05, 0) is 24.6 Å². The van der Waals surface area contributed by atoms with Crippen LogP contribution in [0.15, 0.2) is 30.5 Å². The summed E-state index contributed by atoms with van der Waals surface area (Å²) in [6.07, 6.45) is 3.00. The number of nitrogens with zero attached hydrogens (tertiary/aromatic N) is 3. The zero-order chi connectivity index (χ0) is 14.4. The number of nitrogens with one attached hydrogen (secondary N) is 1. The first-order chi connectivity index (χ1) is 9.72. The first-order valence-corrected chi connectivity index (χ1v) is 7.44. The highest BCUT2D eigenvalue weighted by Gasteiger charge is 2.06. The topological polar surface area (TPSA) is 52.0 Å². The van der Waals surface area contributed by atoms with E-state index < -0.39 is 0 Å². The predicted molar refractivity (Wildman–Crippen MR) is 84.2 cm³/mol. The van der Waals surface area contributed by atoms with Crippen LogP contribution >= 0.6 is 11.3 Å². The third-order valence-corrected chi connectivity index (χ3v) is 3.83. The summed E-state index contributed by atoms with van der Waals surface area (Å²) in [7, 11) is 2.02. The number of nitriles is 1. The summed E-state index contributed by atoms with van der Waals surface area (Å²) in [6, 6.07) is 9.80. The van der Waals surface area contributed by atoms with Crippen molar-refractivity contribution < 1.29 is 0 Å². The summed E-state index contributed by atoms with van der Waals surface area (Å²) in [5.41, 5.74) is 1.73. The molecule has 1 aromatic carbocycles. The molecule has 0 bridgehead atoms. The lowest BCUT2D eigenvalue weighted by molar-refractivity contribution is 0.936. The van der Waals surface area contributed by atoms with E-state index in [0.717, 1.165) is 30.3 Å². The molecule has 0 fully saturated rings. The molecule has 1 N–H and O–H groups in total. The number of hydrogen-bond donors (Lipinski definition) is 1. The van der Waals surface area contributed by atoms with E-state index in [1.807, 2.05) is 37.5 Å². The fraction of sp³-hybridized carbons (Fsp3) is 0.333. The van der Waals surface area contributed by atoms with Gasteiger partial charge in [0.25, 0.3) is 0 Å². The molecule has 5 heteroatoms. The Morgan fingerprint density at radius 3 is 3.05 bits per heavy atom. The van der Waals surface area contributed by atoms with Crippen molar-refractivity contribution in [1.82, 2.24) is 4.98 Å². The van der Waals surface area contributed by atoms with Crippen LogP contribution in [0.1, 0.15) is 23.8 Å². The molecule has 2 rings (SSSR count). The number of anilines is 2. The van der Waals surface area contributed by atoms with Gasteiger partial charge in [-0.2, -0.15) is 5.26 Å². The van der Waals surface area contributed by atoms with E-state index >= 15 is 0 Å². The maximum absolute atomic E-state index is 8.93. The number of benzene rings is 1. The fourth-order valence-corrected chi connectivity index (χ4v) is 2.72. The highest BCUT2D eigenvalue weighted by molar-refractivity contribution is 7.15. The van der Waals surface area contributed by atoms with Gasteiger partial charge in [0.15, 0.2) is 5.13 Å². The average molecular weight is 286 g/mol. The lowest BCUT2D eigenvalue weighted by Crippen LogP contribution is -2.15. The molecular weight excluding hydrogens is 268 g/mol. The molecule has 2 aromatic rings. The number of aromatic nitrogens is 1. The summed E-state index contributed by atoms with van der Waals surface area (Å²) >= 11 is 1.68. The molecule has 0 radical (unpaired) electrons. The second-order valence-electron chi connectivity index (χ2n) is 4.58. The Hall–Kier alpha value is -2.06. The maximum atomic E-state index is 8.93. The molecule has 104 valence electrons. The van der Waals surface area contributed by atoms with Crippen LogP contribution in [0.3, 0.4) is 0 Å². The molecule has 0 atom stereocenters. The molecule has 0 aliphatic rings. The molecule has 0 aliphatic carbocycles. The summed E-state index contributed by atoms with van der Waals surface area (Å²) in [5, 5.41) is 13.2. The normalized spacial score (nSPS) is 10.1. The van der Waals surface area contributed by atoms with Crippen molar-refractivity contribution in [2.24, 2.45) is 0 Å². The Labute approximate surface area is 123 Å². The quantitative estimate of drug-likeness (QED) is 0.883.